The lowest BCUT2D eigenvalue weighted by molar-refractivity contribution is -0.385. The number of hydrogen-bond donors (Lipinski definition) is 1. The number of amides is 1. The van der Waals surface area contributed by atoms with Gasteiger partial charge in [-0.3, -0.25) is 25.0 Å². The number of aryl methyl sites for hydroxylation is 1. The van der Waals surface area contributed by atoms with Gasteiger partial charge in [-0.15, -0.1) is 0 Å². The minimum Gasteiger partial charge on any atom is -0.321 e. The van der Waals surface area contributed by atoms with Gasteiger partial charge in [0.05, 0.1) is 15.5 Å². The Morgan fingerprint density at radius 3 is 2.39 bits per heavy atom. The van der Waals surface area contributed by atoms with Crippen LogP contribution in [-0.4, -0.2) is 15.8 Å². The van der Waals surface area contributed by atoms with E-state index in [0.29, 0.717) is 5.56 Å². The van der Waals surface area contributed by atoms with Gasteiger partial charge in [0.15, 0.2) is 0 Å². The number of nitrogens with one attached hydrogen (secondary N) is 1. The maximum Gasteiger partial charge on any atom is 0.282 e. The first-order valence-electron chi connectivity index (χ1n) is 6.30. The zero-order valence-electron chi connectivity index (χ0n) is 11.8. The number of anilines is 1. The molecule has 0 radical (unpaired) electrons. The number of nitro benzene ring substituents is 2. The van der Waals surface area contributed by atoms with Crippen LogP contribution >= 0.6 is 11.6 Å². The SMILES string of the molecule is Cc1ccc([N+](=O)[O-])cc1NC(=O)c1cc(Cl)ccc1[N+](=O)[O-]. The second kappa shape index (κ2) is 6.41. The van der Waals surface area contributed by atoms with E-state index in [1.165, 1.54) is 30.3 Å². The average Bonchev–Trinajstić information content (AvgIpc) is 2.48. The minimum atomic E-state index is -0.775. The summed E-state index contributed by atoms with van der Waals surface area (Å²) < 4.78 is 0. The molecule has 118 valence electrons. The molecule has 0 heterocycles. The van der Waals surface area contributed by atoms with Crippen molar-refractivity contribution in [3.8, 4) is 0 Å². The number of carbonyl (C=O) groups is 1. The van der Waals surface area contributed by atoms with E-state index in [-0.39, 0.29) is 22.0 Å². The molecule has 0 saturated carbocycles. The summed E-state index contributed by atoms with van der Waals surface area (Å²) in [5, 5.41) is 24.4. The van der Waals surface area contributed by atoms with Crippen molar-refractivity contribution in [3.05, 3.63) is 72.8 Å². The first kappa shape index (κ1) is 16.4. The van der Waals surface area contributed by atoms with Gasteiger partial charge in [-0.25, -0.2) is 0 Å². The summed E-state index contributed by atoms with van der Waals surface area (Å²) >= 11 is 5.77. The van der Waals surface area contributed by atoms with Crippen LogP contribution in [0.2, 0.25) is 5.02 Å². The fourth-order valence-electron chi connectivity index (χ4n) is 1.90. The molecule has 0 aliphatic carbocycles. The third-order valence-corrected chi connectivity index (χ3v) is 3.32. The molecule has 0 atom stereocenters. The maximum absolute atomic E-state index is 12.3. The quantitative estimate of drug-likeness (QED) is 0.675. The number of carbonyl (C=O) groups excluding carboxylic acids is 1. The summed E-state index contributed by atoms with van der Waals surface area (Å²) in [6.07, 6.45) is 0. The zero-order valence-corrected chi connectivity index (χ0v) is 12.5. The van der Waals surface area contributed by atoms with E-state index in [1.807, 2.05) is 0 Å². The van der Waals surface area contributed by atoms with Crippen LogP contribution < -0.4 is 5.32 Å². The normalized spacial score (nSPS) is 10.2. The van der Waals surface area contributed by atoms with Crippen LogP contribution in [0.5, 0.6) is 0 Å². The van der Waals surface area contributed by atoms with Crippen LogP contribution in [0.25, 0.3) is 0 Å². The molecule has 1 amide bonds. The molecule has 1 N–H and O–H groups in total. The van der Waals surface area contributed by atoms with Crippen molar-refractivity contribution in [1.29, 1.82) is 0 Å². The van der Waals surface area contributed by atoms with E-state index >= 15 is 0 Å². The van der Waals surface area contributed by atoms with Crippen LogP contribution in [0.1, 0.15) is 15.9 Å². The summed E-state index contributed by atoms with van der Waals surface area (Å²) in [4.78, 5) is 32.8. The molecule has 8 nitrogen and oxygen atoms in total. The molecule has 0 saturated heterocycles. The third kappa shape index (κ3) is 3.61. The lowest BCUT2D eigenvalue weighted by Gasteiger charge is -2.09. The number of rotatable bonds is 4. The molecule has 0 aliphatic heterocycles. The first-order valence-corrected chi connectivity index (χ1v) is 6.67. The predicted octanol–water partition coefficient (Wildman–Crippen LogP) is 3.72. The average molecular weight is 336 g/mol. The topological polar surface area (TPSA) is 115 Å². The molecule has 0 aromatic heterocycles. The van der Waals surface area contributed by atoms with Gasteiger partial charge >= 0.3 is 0 Å². The summed E-state index contributed by atoms with van der Waals surface area (Å²) in [6.45, 7) is 1.64. The lowest BCUT2D eigenvalue weighted by Crippen LogP contribution is -2.15. The maximum atomic E-state index is 12.3. The van der Waals surface area contributed by atoms with Gasteiger partial charge in [0.2, 0.25) is 0 Å². The Kier molecular flexibility index (Phi) is 4.56. The highest BCUT2D eigenvalue weighted by Crippen LogP contribution is 2.26. The van der Waals surface area contributed by atoms with E-state index in [1.54, 1.807) is 6.92 Å². The second-order valence-corrected chi connectivity index (χ2v) is 5.07. The van der Waals surface area contributed by atoms with Gasteiger partial charge in [-0.1, -0.05) is 17.7 Å². The molecule has 0 aliphatic rings. The van der Waals surface area contributed by atoms with Crippen molar-refractivity contribution < 1.29 is 14.6 Å². The molecule has 23 heavy (non-hydrogen) atoms. The van der Waals surface area contributed by atoms with Crippen molar-refractivity contribution in [2.45, 2.75) is 6.92 Å². The van der Waals surface area contributed by atoms with Gasteiger partial charge < -0.3 is 5.32 Å². The van der Waals surface area contributed by atoms with E-state index in [9.17, 15) is 25.0 Å². The van der Waals surface area contributed by atoms with E-state index in [4.69, 9.17) is 11.6 Å². The van der Waals surface area contributed by atoms with E-state index in [2.05, 4.69) is 5.32 Å². The number of nitro groups is 2. The molecule has 0 fully saturated rings. The predicted molar refractivity (Wildman–Crippen MR) is 83.9 cm³/mol. The smallest absolute Gasteiger partial charge is 0.282 e. The highest BCUT2D eigenvalue weighted by atomic mass is 35.5. The van der Waals surface area contributed by atoms with Crippen molar-refractivity contribution in [3.63, 3.8) is 0 Å². The molecule has 2 rings (SSSR count). The van der Waals surface area contributed by atoms with Gasteiger partial charge in [-0.05, 0) is 24.6 Å². The van der Waals surface area contributed by atoms with Gasteiger partial charge in [0.25, 0.3) is 17.3 Å². The Hall–Kier alpha value is -3.00. The summed E-state index contributed by atoms with van der Waals surface area (Å²) in [5.74, 6) is -0.775. The number of non-ortho nitro benzene ring substituents is 1. The van der Waals surface area contributed by atoms with Crippen LogP contribution in [0.3, 0.4) is 0 Å². The second-order valence-electron chi connectivity index (χ2n) is 4.63. The molecule has 0 spiro atoms. The lowest BCUT2D eigenvalue weighted by atomic mass is 10.1. The van der Waals surface area contributed by atoms with E-state index < -0.39 is 21.4 Å². The van der Waals surface area contributed by atoms with Crippen molar-refractivity contribution in [2.75, 3.05) is 5.32 Å². The summed E-state index contributed by atoms with van der Waals surface area (Å²) in [6, 6.07) is 7.55. The molecular weight excluding hydrogens is 326 g/mol. The number of halogens is 1. The van der Waals surface area contributed by atoms with Crippen molar-refractivity contribution in [1.82, 2.24) is 0 Å². The highest BCUT2D eigenvalue weighted by molar-refractivity contribution is 6.31. The van der Waals surface area contributed by atoms with Gasteiger partial charge in [0.1, 0.15) is 5.56 Å². The highest BCUT2D eigenvalue weighted by Gasteiger charge is 2.21. The fourth-order valence-corrected chi connectivity index (χ4v) is 2.07. The van der Waals surface area contributed by atoms with Crippen molar-refractivity contribution in [2.24, 2.45) is 0 Å². The number of hydrogen-bond acceptors (Lipinski definition) is 5. The monoisotopic (exact) mass is 335 g/mol. The molecular formula is C14H10ClN3O5. The fraction of sp³-hybridized carbons (Fsp3) is 0.0714. The number of nitrogens with zero attached hydrogens (tertiary/aromatic N) is 2. The van der Waals surface area contributed by atoms with Gasteiger partial charge in [0, 0.05) is 23.2 Å². The molecule has 0 bridgehead atoms. The Morgan fingerprint density at radius 2 is 1.78 bits per heavy atom. The zero-order chi connectivity index (χ0) is 17.1. The largest absolute Gasteiger partial charge is 0.321 e. The Balaban J connectivity index is 2.40. The molecule has 9 heteroatoms. The summed E-state index contributed by atoms with van der Waals surface area (Å²) in [5.41, 5.74) is -0.0676. The Labute approximate surface area is 135 Å². The molecule has 2 aromatic carbocycles. The van der Waals surface area contributed by atoms with Crippen LogP contribution in [0.15, 0.2) is 36.4 Å². The first-order chi connectivity index (χ1) is 10.8. The Bertz CT molecular complexity index is 822. The Morgan fingerprint density at radius 1 is 1.09 bits per heavy atom. The third-order valence-electron chi connectivity index (χ3n) is 3.08. The molecule has 2 aromatic rings. The van der Waals surface area contributed by atoms with Crippen LogP contribution in [-0.2, 0) is 0 Å². The number of benzene rings is 2. The molecule has 0 unspecified atom stereocenters. The standard InChI is InChI=1S/C14H10ClN3O5/c1-8-2-4-10(17(20)21)7-12(8)16-14(19)11-6-9(15)3-5-13(11)18(22)23/h2-7H,1H3,(H,16,19). The van der Waals surface area contributed by atoms with Gasteiger partial charge in [-0.2, -0.15) is 0 Å². The van der Waals surface area contributed by atoms with E-state index in [0.717, 1.165) is 6.07 Å². The van der Waals surface area contributed by atoms with Crippen LogP contribution in [0.4, 0.5) is 17.1 Å². The van der Waals surface area contributed by atoms with Crippen molar-refractivity contribution >= 4 is 34.6 Å². The minimum absolute atomic E-state index is 0.163. The summed E-state index contributed by atoms with van der Waals surface area (Å²) in [7, 11) is 0. The van der Waals surface area contributed by atoms with Crippen LogP contribution in [0, 0.1) is 27.2 Å².